The Morgan fingerprint density at radius 2 is 1.54 bits per heavy atom. The first-order valence-electron chi connectivity index (χ1n) is 9.68. The first-order chi connectivity index (χ1) is 11.5. The van der Waals surface area contributed by atoms with Crippen molar-refractivity contribution in [3.63, 3.8) is 0 Å². The van der Waals surface area contributed by atoms with Crippen molar-refractivity contribution in [2.45, 2.75) is 56.9 Å². The van der Waals surface area contributed by atoms with Gasteiger partial charge in [0, 0.05) is 0 Å². The van der Waals surface area contributed by atoms with Crippen molar-refractivity contribution in [3.8, 4) is 0 Å². The minimum Gasteiger partial charge on any atom is -0.667 e. The zero-order chi connectivity index (χ0) is 16.9. The molecule has 2 aliphatic carbocycles. The van der Waals surface area contributed by atoms with Crippen LogP contribution in [0.2, 0.25) is 18.6 Å². The minimum absolute atomic E-state index is 0. The summed E-state index contributed by atoms with van der Waals surface area (Å²) in [4.78, 5) is 5.03. The summed E-state index contributed by atoms with van der Waals surface area (Å²) in [7, 11) is 0.422. The number of hydrogen-bond donors (Lipinski definition) is 0. The Kier molecular flexibility index (Phi) is 11.2. The fourth-order valence-corrected chi connectivity index (χ4v) is 13.7. The van der Waals surface area contributed by atoms with Gasteiger partial charge >= 0.3 is 21.7 Å². The molecule has 0 N–H and O–H groups in total. The number of hydrogen-bond acceptors (Lipinski definition) is 0. The summed E-state index contributed by atoms with van der Waals surface area (Å²) in [5, 5.41) is 3.31. The van der Waals surface area contributed by atoms with E-state index in [1.165, 1.54) is 25.7 Å². The summed E-state index contributed by atoms with van der Waals surface area (Å²) in [5.41, 5.74) is 1.76. The third kappa shape index (κ3) is 4.62. The average molecular weight is 450 g/mol. The van der Waals surface area contributed by atoms with Crippen LogP contribution in [0.4, 0.5) is 0 Å². The van der Waals surface area contributed by atoms with Crippen molar-refractivity contribution in [2.24, 2.45) is 17.8 Å². The molecule has 0 amide bonds. The van der Waals surface area contributed by atoms with Crippen LogP contribution in [0.5, 0.6) is 0 Å². The molecule has 28 heavy (non-hydrogen) atoms. The van der Waals surface area contributed by atoms with Crippen LogP contribution >= 0.6 is 7.92 Å². The monoisotopic (exact) mass is 449 g/mol. The number of allylic oxidation sites excluding steroid dienone is 2. The van der Waals surface area contributed by atoms with Crippen LogP contribution in [-0.4, -0.2) is 20.9 Å². The zero-order valence-electron chi connectivity index (χ0n) is 19.1. The van der Waals surface area contributed by atoms with Crippen LogP contribution < -0.4 is 5.30 Å². The van der Waals surface area contributed by atoms with Crippen LogP contribution in [0, 0.1) is 40.0 Å². The predicted molar refractivity (Wildman–Crippen MR) is 129 cm³/mol. The van der Waals surface area contributed by atoms with E-state index in [4.69, 9.17) is 4.98 Å². The fourth-order valence-electron chi connectivity index (χ4n) is 6.06. The summed E-state index contributed by atoms with van der Waals surface area (Å²) < 4.78 is 0. The summed E-state index contributed by atoms with van der Waals surface area (Å²) >= 11 is 0. The Labute approximate surface area is 193 Å². The second-order valence-corrected chi connectivity index (χ2v) is 15.6. The molecule has 4 heteroatoms. The first-order valence-corrected chi connectivity index (χ1v) is 14.1. The maximum absolute atomic E-state index is 5.03. The van der Waals surface area contributed by atoms with Crippen molar-refractivity contribution in [3.05, 3.63) is 69.0 Å². The van der Waals surface area contributed by atoms with Gasteiger partial charge in [-0.3, -0.25) is 0 Å². The minimum atomic E-state index is -1.53. The van der Waals surface area contributed by atoms with E-state index in [9.17, 15) is 0 Å². The third-order valence-electron chi connectivity index (χ3n) is 7.13. The van der Waals surface area contributed by atoms with Crippen molar-refractivity contribution >= 4 is 21.5 Å². The average Bonchev–Trinajstić information content (AvgIpc) is 3.08. The van der Waals surface area contributed by atoms with Crippen molar-refractivity contribution in [1.82, 2.24) is 0 Å². The van der Waals surface area contributed by atoms with E-state index in [0.717, 1.165) is 29.0 Å². The molecule has 0 saturated heterocycles. The number of rotatable bonds is 3. The second kappa shape index (κ2) is 11.1. The Hall–Kier alpha value is 0.281. The standard InChI is InChI=1S/C21H31NPSi.3CH3.Ti/c1-15-14-19-17-12-8-9-13-18(17)21(24(3,4)22-2)20(19)23(15)16-10-6-5-7-11-16;;;;/h5-7,10-11,14,17-21H,8-9,12-13H2,1-4H3;3*1H3;/q4*-1;+4. The molecule has 6 unspecified atom stereocenters. The molecule has 154 valence electrons. The van der Waals surface area contributed by atoms with Crippen LogP contribution in [-0.2, 0) is 21.7 Å². The molecule has 0 spiro atoms. The Balaban J connectivity index is 0.00000182. The molecule has 1 aromatic rings. The van der Waals surface area contributed by atoms with Crippen LogP contribution in [0.3, 0.4) is 0 Å². The Morgan fingerprint density at radius 1 is 0.964 bits per heavy atom. The smallest absolute Gasteiger partial charge is 0.667 e. The summed E-state index contributed by atoms with van der Waals surface area (Å²) in [6.45, 7) is 7.50. The molecular weight excluding hydrogens is 409 g/mol. The van der Waals surface area contributed by atoms with Gasteiger partial charge in [-0.25, -0.2) is 0 Å². The van der Waals surface area contributed by atoms with Gasteiger partial charge in [-0.15, -0.1) is 0 Å². The molecule has 1 aromatic carbocycles. The van der Waals surface area contributed by atoms with Gasteiger partial charge in [-0.2, -0.15) is 7.05 Å². The van der Waals surface area contributed by atoms with Crippen molar-refractivity contribution in [2.75, 3.05) is 7.05 Å². The van der Waals surface area contributed by atoms with E-state index in [-0.39, 0.29) is 51.9 Å². The van der Waals surface area contributed by atoms with Crippen molar-refractivity contribution in [1.29, 1.82) is 0 Å². The fraction of sp³-hybridized carbons (Fsp3) is 0.542. The predicted octanol–water partition coefficient (Wildman–Crippen LogP) is 7.44. The van der Waals surface area contributed by atoms with Gasteiger partial charge in [0.15, 0.2) is 0 Å². The summed E-state index contributed by atoms with van der Waals surface area (Å²) in [6.07, 6.45) is 8.57. The SMILES string of the molecule is C[N-][Si](C)(C)C1C2CCCCC2C2C=C(C)P(c3ccccc3)C21.[CH3-].[CH3-].[CH3-].[Ti+4]. The zero-order valence-corrected chi connectivity index (χ0v) is 22.5. The molecule has 0 radical (unpaired) electrons. The topological polar surface area (TPSA) is 14.1 Å². The number of nitrogens with zero attached hydrogens (tertiary/aromatic N) is 1. The van der Waals surface area contributed by atoms with E-state index in [0.29, 0.717) is 0 Å². The Bertz CT molecular complexity index is 633. The van der Waals surface area contributed by atoms with Crippen LogP contribution in [0.15, 0.2) is 41.7 Å². The van der Waals surface area contributed by atoms with Gasteiger partial charge in [0.05, 0.1) is 0 Å². The molecule has 1 heterocycles. The molecule has 1 aliphatic heterocycles. The normalized spacial score (nSPS) is 33.1. The molecule has 0 aromatic heterocycles. The summed E-state index contributed by atoms with van der Waals surface area (Å²) in [5.74, 6) is 2.76. The van der Waals surface area contributed by atoms with Gasteiger partial charge in [0.1, 0.15) is 0 Å². The molecule has 2 fully saturated rings. The van der Waals surface area contributed by atoms with E-state index in [2.05, 4.69) is 63.5 Å². The van der Waals surface area contributed by atoms with E-state index in [1.807, 2.05) is 0 Å². The quantitative estimate of drug-likeness (QED) is 0.259. The molecule has 1 nitrogen and oxygen atoms in total. The number of benzene rings is 1. The molecule has 3 aliphatic rings. The van der Waals surface area contributed by atoms with Gasteiger partial charge in [-0.1, -0.05) is 82.5 Å². The van der Waals surface area contributed by atoms with E-state index < -0.39 is 8.24 Å². The van der Waals surface area contributed by atoms with E-state index in [1.54, 1.807) is 10.6 Å². The summed E-state index contributed by atoms with van der Waals surface area (Å²) in [6, 6.07) is 11.4. The van der Waals surface area contributed by atoms with E-state index >= 15 is 0 Å². The number of fused-ring (bicyclic) bond motifs is 3. The van der Waals surface area contributed by atoms with Crippen LogP contribution in [0.1, 0.15) is 32.6 Å². The second-order valence-electron chi connectivity index (χ2n) is 8.60. The molecule has 0 bridgehead atoms. The maximum atomic E-state index is 5.03. The van der Waals surface area contributed by atoms with Gasteiger partial charge < -0.3 is 27.3 Å². The first kappa shape index (κ1) is 28.3. The van der Waals surface area contributed by atoms with Gasteiger partial charge in [0.2, 0.25) is 0 Å². The molecule has 6 atom stereocenters. The van der Waals surface area contributed by atoms with Gasteiger partial charge in [0.25, 0.3) is 0 Å². The molecular formula is C24H40NPSiTi. The molecule has 2 saturated carbocycles. The third-order valence-corrected chi connectivity index (χ3v) is 14.0. The largest absolute Gasteiger partial charge is 4.00 e. The molecule has 4 rings (SSSR count). The van der Waals surface area contributed by atoms with Crippen molar-refractivity contribution < 1.29 is 21.7 Å². The Morgan fingerprint density at radius 3 is 2.11 bits per heavy atom. The van der Waals surface area contributed by atoms with Crippen LogP contribution in [0.25, 0.3) is 4.98 Å². The van der Waals surface area contributed by atoms with Gasteiger partial charge in [-0.05, 0) is 55.3 Å². The maximum Gasteiger partial charge on any atom is 4.00 e.